The monoisotopic (exact) mass is 189 g/mol. The molecule has 0 N–H and O–H groups in total. The number of nitrogens with zero attached hydrogens (tertiary/aromatic N) is 1. The molecule has 2 heteroatoms. The van der Waals surface area contributed by atoms with Gasteiger partial charge in [0.1, 0.15) is 11.1 Å². The third kappa shape index (κ3) is 1.34. The van der Waals surface area contributed by atoms with Gasteiger partial charge in [-0.05, 0) is 29.5 Å². The van der Waals surface area contributed by atoms with Crippen LogP contribution in [0.1, 0.15) is 17.5 Å². The summed E-state index contributed by atoms with van der Waals surface area (Å²) in [7, 11) is 0. The topological polar surface area (TPSA) is 23.8 Å². The molecule has 2 rings (SSSR count). The SMILES string of the molecule is N#CC(Cl)=C1CCc2ccccc21. The minimum absolute atomic E-state index is 0.338. The molecule has 0 saturated heterocycles. The Morgan fingerprint density at radius 1 is 1.31 bits per heavy atom. The first kappa shape index (κ1) is 8.34. The Labute approximate surface area is 82.3 Å². The van der Waals surface area contributed by atoms with Gasteiger partial charge in [0.25, 0.3) is 0 Å². The predicted octanol–water partition coefficient (Wildman–Crippen LogP) is 3.11. The van der Waals surface area contributed by atoms with Crippen LogP contribution in [-0.2, 0) is 6.42 Å². The molecule has 1 aliphatic carbocycles. The van der Waals surface area contributed by atoms with Gasteiger partial charge in [-0.25, -0.2) is 0 Å². The van der Waals surface area contributed by atoms with E-state index in [0.29, 0.717) is 5.03 Å². The number of rotatable bonds is 0. The van der Waals surface area contributed by atoms with Crippen molar-refractivity contribution in [3.05, 3.63) is 40.4 Å². The second-order valence-electron chi connectivity index (χ2n) is 3.06. The maximum Gasteiger partial charge on any atom is 0.122 e. The molecule has 0 aliphatic heterocycles. The standard InChI is InChI=1S/C11H8ClN/c12-11(7-13)10-6-5-8-3-1-2-4-9(8)10/h1-4H,5-6H2. The molecule has 64 valence electrons. The number of halogens is 1. The Hall–Kier alpha value is -1.26. The average Bonchev–Trinajstić information content (AvgIpc) is 2.60. The minimum atomic E-state index is 0.338. The van der Waals surface area contributed by atoms with Crippen LogP contribution in [0, 0.1) is 11.3 Å². The van der Waals surface area contributed by atoms with Crippen molar-refractivity contribution in [1.29, 1.82) is 5.26 Å². The van der Waals surface area contributed by atoms with E-state index >= 15 is 0 Å². The Balaban J connectivity index is 2.58. The van der Waals surface area contributed by atoms with Gasteiger partial charge < -0.3 is 0 Å². The van der Waals surface area contributed by atoms with E-state index in [1.54, 1.807) is 0 Å². The van der Waals surface area contributed by atoms with Crippen LogP contribution < -0.4 is 0 Å². The summed E-state index contributed by atoms with van der Waals surface area (Å²) >= 11 is 5.82. The van der Waals surface area contributed by atoms with Crippen LogP contribution in [0.15, 0.2) is 29.3 Å². The largest absolute Gasteiger partial charge is 0.191 e. The summed E-state index contributed by atoms with van der Waals surface area (Å²) in [5.41, 5.74) is 3.44. The maximum atomic E-state index is 8.68. The van der Waals surface area contributed by atoms with Crippen molar-refractivity contribution in [1.82, 2.24) is 0 Å². The van der Waals surface area contributed by atoms with Gasteiger partial charge in [0.05, 0.1) is 0 Å². The Bertz CT molecular complexity index is 412. The first-order chi connectivity index (χ1) is 6.33. The van der Waals surface area contributed by atoms with Crippen molar-refractivity contribution in [2.45, 2.75) is 12.8 Å². The zero-order valence-electron chi connectivity index (χ0n) is 7.05. The Morgan fingerprint density at radius 3 is 2.85 bits per heavy atom. The first-order valence-electron chi connectivity index (χ1n) is 4.20. The fraction of sp³-hybridized carbons (Fsp3) is 0.182. The van der Waals surface area contributed by atoms with Crippen LogP contribution in [0.4, 0.5) is 0 Å². The smallest absolute Gasteiger partial charge is 0.122 e. The normalized spacial score (nSPS) is 17.8. The number of aryl methyl sites for hydroxylation is 1. The lowest BCUT2D eigenvalue weighted by Crippen LogP contribution is -1.80. The van der Waals surface area contributed by atoms with Gasteiger partial charge in [0, 0.05) is 0 Å². The molecule has 0 unspecified atom stereocenters. The van der Waals surface area contributed by atoms with Crippen molar-refractivity contribution in [3.8, 4) is 6.07 Å². The molecule has 0 atom stereocenters. The van der Waals surface area contributed by atoms with Gasteiger partial charge in [-0.15, -0.1) is 0 Å². The second kappa shape index (κ2) is 3.24. The molecule has 0 fully saturated rings. The molecule has 0 amide bonds. The van der Waals surface area contributed by atoms with Crippen LogP contribution in [0.25, 0.3) is 5.57 Å². The number of hydrogen-bond acceptors (Lipinski definition) is 1. The Morgan fingerprint density at radius 2 is 2.08 bits per heavy atom. The predicted molar refractivity (Wildman–Crippen MR) is 53.1 cm³/mol. The molecule has 1 aromatic carbocycles. The number of allylic oxidation sites excluding steroid dienone is 2. The fourth-order valence-electron chi connectivity index (χ4n) is 1.72. The van der Waals surface area contributed by atoms with Crippen LogP contribution in [0.3, 0.4) is 0 Å². The van der Waals surface area contributed by atoms with Gasteiger partial charge in [0.15, 0.2) is 0 Å². The highest BCUT2D eigenvalue weighted by Gasteiger charge is 2.17. The third-order valence-electron chi connectivity index (χ3n) is 2.35. The van der Waals surface area contributed by atoms with Crippen molar-refractivity contribution in [3.63, 3.8) is 0 Å². The van der Waals surface area contributed by atoms with Crippen LogP contribution >= 0.6 is 11.6 Å². The molecule has 0 spiro atoms. The van der Waals surface area contributed by atoms with Gasteiger partial charge in [-0.2, -0.15) is 5.26 Å². The summed E-state index contributed by atoms with van der Waals surface area (Å²) in [6.07, 6.45) is 1.90. The molecule has 1 aliphatic rings. The highest BCUT2D eigenvalue weighted by molar-refractivity contribution is 6.35. The Kier molecular flexibility index (Phi) is 2.08. The van der Waals surface area contributed by atoms with E-state index in [0.717, 1.165) is 24.0 Å². The van der Waals surface area contributed by atoms with Gasteiger partial charge in [-0.3, -0.25) is 0 Å². The molecular formula is C11H8ClN. The molecule has 0 radical (unpaired) electrons. The lowest BCUT2D eigenvalue weighted by molar-refractivity contribution is 1.08. The summed E-state index contributed by atoms with van der Waals surface area (Å²) in [6.45, 7) is 0. The fourth-order valence-corrected chi connectivity index (χ4v) is 1.92. The highest BCUT2D eigenvalue weighted by atomic mass is 35.5. The molecule has 1 nitrogen and oxygen atoms in total. The van der Waals surface area contributed by atoms with Crippen molar-refractivity contribution < 1.29 is 0 Å². The van der Waals surface area contributed by atoms with Crippen molar-refractivity contribution in [2.24, 2.45) is 0 Å². The van der Waals surface area contributed by atoms with Crippen molar-refractivity contribution >= 4 is 17.2 Å². The number of nitriles is 1. The molecule has 1 aromatic rings. The average molecular weight is 190 g/mol. The van der Waals surface area contributed by atoms with Crippen LogP contribution in [0.2, 0.25) is 0 Å². The summed E-state index contributed by atoms with van der Waals surface area (Å²) in [4.78, 5) is 0. The van der Waals surface area contributed by atoms with Crippen molar-refractivity contribution in [2.75, 3.05) is 0 Å². The van der Waals surface area contributed by atoms with Gasteiger partial charge in [0.2, 0.25) is 0 Å². The minimum Gasteiger partial charge on any atom is -0.191 e. The third-order valence-corrected chi connectivity index (χ3v) is 2.66. The highest BCUT2D eigenvalue weighted by Crippen LogP contribution is 2.34. The summed E-state index contributed by atoms with van der Waals surface area (Å²) in [5, 5.41) is 9.02. The van der Waals surface area contributed by atoms with E-state index < -0.39 is 0 Å². The summed E-state index contributed by atoms with van der Waals surface area (Å²) in [5.74, 6) is 0. The van der Waals surface area contributed by atoms with E-state index in [-0.39, 0.29) is 0 Å². The summed E-state index contributed by atoms with van der Waals surface area (Å²) < 4.78 is 0. The first-order valence-corrected chi connectivity index (χ1v) is 4.58. The van der Waals surface area contributed by atoms with Gasteiger partial charge >= 0.3 is 0 Å². The molecule has 0 heterocycles. The van der Waals surface area contributed by atoms with E-state index in [9.17, 15) is 0 Å². The molecule has 13 heavy (non-hydrogen) atoms. The molecule has 0 saturated carbocycles. The lowest BCUT2D eigenvalue weighted by Gasteiger charge is -1.98. The number of benzene rings is 1. The van der Waals surface area contributed by atoms with Crippen LogP contribution in [0.5, 0.6) is 0 Å². The van der Waals surface area contributed by atoms with Crippen LogP contribution in [-0.4, -0.2) is 0 Å². The number of fused-ring (bicyclic) bond motifs is 1. The zero-order chi connectivity index (χ0) is 9.26. The quantitative estimate of drug-likeness (QED) is 0.576. The van der Waals surface area contributed by atoms with E-state index in [4.69, 9.17) is 16.9 Å². The maximum absolute atomic E-state index is 8.68. The van der Waals surface area contributed by atoms with E-state index in [1.807, 2.05) is 24.3 Å². The lowest BCUT2D eigenvalue weighted by atomic mass is 10.1. The zero-order valence-corrected chi connectivity index (χ0v) is 7.80. The second-order valence-corrected chi connectivity index (χ2v) is 3.44. The molecule has 0 aromatic heterocycles. The number of hydrogen-bond donors (Lipinski definition) is 0. The summed E-state index contributed by atoms with van der Waals surface area (Å²) in [6, 6.07) is 10.1. The van der Waals surface area contributed by atoms with Gasteiger partial charge in [-0.1, -0.05) is 35.9 Å². The van der Waals surface area contributed by atoms with E-state index in [1.165, 1.54) is 5.56 Å². The molecular weight excluding hydrogens is 182 g/mol. The van der Waals surface area contributed by atoms with E-state index in [2.05, 4.69) is 6.07 Å². The molecule has 0 bridgehead atoms.